The molecule has 1 aliphatic heterocycles. The van der Waals surface area contributed by atoms with E-state index in [1.165, 1.54) is 4.90 Å². The van der Waals surface area contributed by atoms with Gasteiger partial charge < -0.3 is 14.5 Å². The van der Waals surface area contributed by atoms with Gasteiger partial charge in [-0.25, -0.2) is 0 Å². The number of carbonyl (C=O) groups excluding carboxylic acids is 3. The van der Waals surface area contributed by atoms with Gasteiger partial charge in [0.05, 0.1) is 29.7 Å². The van der Waals surface area contributed by atoms with Crippen LogP contribution in [-0.2, 0) is 14.3 Å². The quantitative estimate of drug-likeness (QED) is 0.654. The summed E-state index contributed by atoms with van der Waals surface area (Å²) < 4.78 is 5.81. The second kappa shape index (κ2) is 9.37. The molecule has 1 fully saturated rings. The zero-order valence-electron chi connectivity index (χ0n) is 14.8. The van der Waals surface area contributed by atoms with Crippen LogP contribution in [0.2, 0.25) is 5.02 Å². The van der Waals surface area contributed by atoms with Crippen molar-refractivity contribution in [2.24, 2.45) is 5.92 Å². The lowest BCUT2D eigenvalue weighted by atomic mass is 9.97. The maximum Gasteiger partial charge on any atom is 0.309 e. The number of hydrogen-bond acceptors (Lipinski definition) is 4. The van der Waals surface area contributed by atoms with Gasteiger partial charge in [0.2, 0.25) is 5.91 Å². The van der Waals surface area contributed by atoms with E-state index in [9.17, 15) is 14.4 Å². The van der Waals surface area contributed by atoms with E-state index in [2.05, 4.69) is 15.9 Å². The van der Waals surface area contributed by atoms with E-state index in [0.717, 1.165) is 4.47 Å². The Labute approximate surface area is 166 Å². The fourth-order valence-electron chi connectivity index (χ4n) is 2.87. The monoisotopic (exact) mass is 444 g/mol. The van der Waals surface area contributed by atoms with E-state index in [1.807, 2.05) is 0 Å². The van der Waals surface area contributed by atoms with Crippen LogP contribution in [0.1, 0.15) is 30.1 Å². The molecule has 1 heterocycles. The molecule has 0 bridgehead atoms. The molecule has 142 valence electrons. The molecule has 8 heteroatoms. The Morgan fingerprint density at radius 1 is 1.31 bits per heavy atom. The van der Waals surface area contributed by atoms with Crippen molar-refractivity contribution in [3.8, 4) is 0 Å². The molecule has 0 saturated carbocycles. The Morgan fingerprint density at radius 2 is 1.96 bits per heavy atom. The summed E-state index contributed by atoms with van der Waals surface area (Å²) in [6.07, 6.45) is 1.17. The largest absolute Gasteiger partial charge is 0.466 e. The van der Waals surface area contributed by atoms with Crippen LogP contribution in [0.4, 0.5) is 0 Å². The van der Waals surface area contributed by atoms with Gasteiger partial charge in [0.1, 0.15) is 0 Å². The molecule has 0 atom stereocenters. The standard InChI is InChI=1S/C18H22BrClN2O4/c1-3-26-18(25)12-6-8-22(9-7-12)16(23)11-21(2)17(24)14-5-4-13(19)10-15(14)20/h4-5,10,12H,3,6-9,11H2,1-2H3. The summed E-state index contributed by atoms with van der Waals surface area (Å²) in [5.74, 6) is -0.801. The maximum atomic E-state index is 12.5. The van der Waals surface area contributed by atoms with Crippen molar-refractivity contribution in [3.05, 3.63) is 33.3 Å². The molecule has 0 N–H and O–H groups in total. The lowest BCUT2D eigenvalue weighted by Crippen LogP contribution is -2.45. The minimum Gasteiger partial charge on any atom is -0.466 e. The van der Waals surface area contributed by atoms with Gasteiger partial charge >= 0.3 is 5.97 Å². The van der Waals surface area contributed by atoms with Crippen molar-refractivity contribution in [2.75, 3.05) is 33.3 Å². The summed E-state index contributed by atoms with van der Waals surface area (Å²) in [4.78, 5) is 39.8. The number of benzene rings is 1. The van der Waals surface area contributed by atoms with Crippen LogP contribution in [0.5, 0.6) is 0 Å². The molecule has 2 rings (SSSR count). The first-order valence-electron chi connectivity index (χ1n) is 8.48. The molecule has 0 unspecified atom stereocenters. The second-order valence-corrected chi connectivity index (χ2v) is 7.52. The Hall–Kier alpha value is -1.60. The smallest absolute Gasteiger partial charge is 0.309 e. The van der Waals surface area contributed by atoms with Crippen LogP contribution in [0.25, 0.3) is 0 Å². The van der Waals surface area contributed by atoms with Gasteiger partial charge in [0.15, 0.2) is 0 Å². The van der Waals surface area contributed by atoms with Crippen LogP contribution in [0.3, 0.4) is 0 Å². The molecule has 0 aliphatic carbocycles. The minimum absolute atomic E-state index is 0.0324. The summed E-state index contributed by atoms with van der Waals surface area (Å²) in [5.41, 5.74) is 0.353. The van der Waals surface area contributed by atoms with Gasteiger partial charge in [-0.05, 0) is 38.0 Å². The highest BCUT2D eigenvalue weighted by Crippen LogP contribution is 2.23. The number of nitrogens with zero attached hydrogens (tertiary/aromatic N) is 2. The number of amides is 2. The molecule has 1 saturated heterocycles. The average Bonchev–Trinajstić information content (AvgIpc) is 2.61. The predicted molar refractivity (Wildman–Crippen MR) is 102 cm³/mol. The van der Waals surface area contributed by atoms with Crippen molar-refractivity contribution in [1.82, 2.24) is 9.80 Å². The third kappa shape index (κ3) is 5.20. The van der Waals surface area contributed by atoms with E-state index >= 15 is 0 Å². The number of likely N-dealkylation sites (tertiary alicyclic amines) is 1. The van der Waals surface area contributed by atoms with Crippen LogP contribution < -0.4 is 0 Å². The van der Waals surface area contributed by atoms with Gasteiger partial charge in [0, 0.05) is 24.6 Å². The molecule has 1 aromatic carbocycles. The Balaban J connectivity index is 1.89. The maximum absolute atomic E-state index is 12.5. The Morgan fingerprint density at radius 3 is 2.54 bits per heavy atom. The summed E-state index contributed by atoms with van der Waals surface area (Å²) in [6, 6.07) is 5.00. The number of esters is 1. The second-order valence-electron chi connectivity index (χ2n) is 6.19. The number of halogens is 2. The van der Waals surface area contributed by atoms with Crippen molar-refractivity contribution in [2.45, 2.75) is 19.8 Å². The first kappa shape index (κ1) is 20.7. The lowest BCUT2D eigenvalue weighted by Gasteiger charge is -2.32. The SMILES string of the molecule is CCOC(=O)C1CCN(C(=O)CN(C)C(=O)c2ccc(Br)cc2Cl)CC1. The minimum atomic E-state index is -0.308. The highest BCUT2D eigenvalue weighted by Gasteiger charge is 2.29. The molecular weight excluding hydrogens is 424 g/mol. The average molecular weight is 446 g/mol. The topological polar surface area (TPSA) is 66.9 Å². The zero-order valence-corrected chi connectivity index (χ0v) is 17.2. The van der Waals surface area contributed by atoms with Gasteiger partial charge in [0.25, 0.3) is 5.91 Å². The normalized spacial score (nSPS) is 14.8. The third-order valence-corrected chi connectivity index (χ3v) is 5.15. The van der Waals surface area contributed by atoms with E-state index in [1.54, 1.807) is 37.1 Å². The first-order chi connectivity index (χ1) is 12.3. The van der Waals surface area contributed by atoms with Crippen LogP contribution in [0, 0.1) is 5.92 Å². The molecule has 26 heavy (non-hydrogen) atoms. The number of rotatable bonds is 5. The summed E-state index contributed by atoms with van der Waals surface area (Å²) in [6.45, 7) is 3.09. The summed E-state index contributed by atoms with van der Waals surface area (Å²) in [5, 5.41) is 0.332. The molecule has 2 amide bonds. The number of hydrogen-bond donors (Lipinski definition) is 0. The predicted octanol–water partition coefficient (Wildman–Crippen LogP) is 2.98. The number of piperidine rings is 1. The van der Waals surface area contributed by atoms with Crippen molar-refractivity contribution in [3.63, 3.8) is 0 Å². The first-order valence-corrected chi connectivity index (χ1v) is 9.65. The molecule has 0 aromatic heterocycles. The molecule has 0 spiro atoms. The van der Waals surface area contributed by atoms with Crippen LogP contribution in [0.15, 0.2) is 22.7 Å². The highest BCUT2D eigenvalue weighted by molar-refractivity contribution is 9.10. The van der Waals surface area contributed by atoms with Crippen LogP contribution in [-0.4, -0.2) is 60.9 Å². The Bertz CT molecular complexity index is 690. The van der Waals surface area contributed by atoms with Crippen LogP contribution >= 0.6 is 27.5 Å². The van der Waals surface area contributed by atoms with Crippen molar-refractivity contribution < 1.29 is 19.1 Å². The van der Waals surface area contributed by atoms with E-state index < -0.39 is 0 Å². The summed E-state index contributed by atoms with van der Waals surface area (Å²) >= 11 is 9.40. The number of carbonyl (C=O) groups is 3. The van der Waals surface area contributed by atoms with Gasteiger partial charge in [-0.3, -0.25) is 14.4 Å². The van der Waals surface area contributed by atoms with Gasteiger partial charge in [-0.15, -0.1) is 0 Å². The third-order valence-electron chi connectivity index (χ3n) is 4.35. The molecule has 1 aromatic rings. The highest BCUT2D eigenvalue weighted by atomic mass is 79.9. The Kier molecular flexibility index (Phi) is 7.46. The molecule has 0 radical (unpaired) electrons. The van der Waals surface area contributed by atoms with E-state index in [-0.39, 0.29) is 30.2 Å². The van der Waals surface area contributed by atoms with E-state index in [4.69, 9.17) is 16.3 Å². The number of ether oxygens (including phenoxy) is 1. The lowest BCUT2D eigenvalue weighted by molar-refractivity contribution is -0.151. The van der Waals surface area contributed by atoms with Crippen molar-refractivity contribution >= 4 is 45.3 Å². The summed E-state index contributed by atoms with van der Waals surface area (Å²) in [7, 11) is 1.57. The molecule has 6 nitrogen and oxygen atoms in total. The van der Waals surface area contributed by atoms with Crippen molar-refractivity contribution in [1.29, 1.82) is 0 Å². The fraction of sp³-hybridized carbons (Fsp3) is 0.500. The van der Waals surface area contributed by atoms with E-state index in [0.29, 0.717) is 43.1 Å². The fourth-order valence-corrected chi connectivity index (χ4v) is 3.62. The molecular formula is C18H22BrClN2O4. The number of likely N-dealkylation sites (N-methyl/N-ethyl adjacent to an activating group) is 1. The zero-order chi connectivity index (χ0) is 19.3. The van der Waals surface area contributed by atoms with Gasteiger partial charge in [-0.1, -0.05) is 27.5 Å². The van der Waals surface area contributed by atoms with Gasteiger partial charge in [-0.2, -0.15) is 0 Å². The molecule has 1 aliphatic rings.